The van der Waals surface area contributed by atoms with Crippen LogP contribution in [0.1, 0.15) is 62.3 Å². The van der Waals surface area contributed by atoms with Gasteiger partial charge in [0.1, 0.15) is 5.75 Å². The first-order valence-corrected chi connectivity index (χ1v) is 16.7. The molecule has 0 fully saturated rings. The molecule has 1 unspecified atom stereocenters. The number of ether oxygens (including phenoxy) is 6. The molecule has 0 aliphatic heterocycles. The van der Waals surface area contributed by atoms with Gasteiger partial charge in [-0.1, -0.05) is 52.2 Å². The van der Waals surface area contributed by atoms with Gasteiger partial charge in [0.25, 0.3) is 0 Å². The standard InChI is InChI=1S/C40H50O8/c1-8-12-26-19-32(38(42)34(21-26)44-5)33-20-27(13-9-2)22-35(45-6)39(33)48-37-24-28(14-10-3)23-36(46-7)40(37)47-31-16-11-15-29(18-31)17-30(41)25-43-4/h11,15-16,18-24,30,41-42H,8-10,12-14,17,25H2,1-7H3. The highest BCUT2D eigenvalue weighted by Crippen LogP contribution is 2.51. The van der Waals surface area contributed by atoms with Crippen molar-refractivity contribution in [1.82, 2.24) is 0 Å². The molecule has 0 radical (unpaired) electrons. The molecule has 0 aliphatic rings. The SMILES string of the molecule is CCCc1cc(OC)c(Oc2cccc(CC(O)COC)c2)c(Oc2c(OC)cc(CCC)cc2-c2cc(CCC)cc(OC)c2O)c1. The van der Waals surface area contributed by atoms with Gasteiger partial charge in [-0.15, -0.1) is 0 Å². The van der Waals surface area contributed by atoms with Gasteiger partial charge in [0.2, 0.25) is 5.75 Å². The maximum Gasteiger partial charge on any atom is 0.211 e. The van der Waals surface area contributed by atoms with E-state index >= 15 is 0 Å². The fraction of sp³-hybridized carbons (Fsp3) is 0.400. The number of methoxy groups -OCH3 is 4. The van der Waals surface area contributed by atoms with E-state index in [1.165, 1.54) is 0 Å². The van der Waals surface area contributed by atoms with Gasteiger partial charge in [0.05, 0.1) is 34.0 Å². The van der Waals surface area contributed by atoms with E-state index in [-0.39, 0.29) is 12.4 Å². The molecule has 4 rings (SSSR count). The first-order valence-electron chi connectivity index (χ1n) is 16.7. The molecule has 0 aliphatic carbocycles. The Kier molecular flexibility index (Phi) is 13.4. The highest BCUT2D eigenvalue weighted by Gasteiger charge is 2.24. The second-order valence-electron chi connectivity index (χ2n) is 11.9. The number of benzene rings is 4. The minimum absolute atomic E-state index is 0.0270. The van der Waals surface area contributed by atoms with E-state index in [1.807, 2.05) is 60.7 Å². The fourth-order valence-corrected chi connectivity index (χ4v) is 5.89. The topological polar surface area (TPSA) is 95.8 Å². The van der Waals surface area contributed by atoms with E-state index in [1.54, 1.807) is 28.4 Å². The molecule has 0 saturated heterocycles. The quantitative estimate of drug-likeness (QED) is 0.109. The van der Waals surface area contributed by atoms with Crippen LogP contribution in [-0.4, -0.2) is 51.4 Å². The van der Waals surface area contributed by atoms with Crippen molar-refractivity contribution in [2.75, 3.05) is 35.0 Å². The van der Waals surface area contributed by atoms with Crippen LogP contribution < -0.4 is 23.7 Å². The van der Waals surface area contributed by atoms with Crippen LogP contribution in [0.2, 0.25) is 0 Å². The molecular formula is C40H50O8. The molecule has 4 aromatic carbocycles. The van der Waals surface area contributed by atoms with Gasteiger partial charge in [-0.05, 0) is 90.0 Å². The summed E-state index contributed by atoms with van der Waals surface area (Å²) in [6.45, 7) is 6.60. The number of hydrogen-bond donors (Lipinski definition) is 2. The predicted octanol–water partition coefficient (Wildman–Crippen LogP) is 9.08. The van der Waals surface area contributed by atoms with Crippen LogP contribution in [0.15, 0.2) is 60.7 Å². The number of aliphatic hydroxyl groups is 1. The lowest BCUT2D eigenvalue weighted by Crippen LogP contribution is -2.16. The van der Waals surface area contributed by atoms with Gasteiger partial charge in [-0.3, -0.25) is 0 Å². The van der Waals surface area contributed by atoms with Crippen molar-refractivity contribution in [2.45, 2.75) is 71.8 Å². The summed E-state index contributed by atoms with van der Waals surface area (Å²) in [6.07, 6.45) is 5.01. The van der Waals surface area contributed by atoms with Crippen LogP contribution in [0.25, 0.3) is 11.1 Å². The van der Waals surface area contributed by atoms with Crippen LogP contribution in [-0.2, 0) is 30.4 Å². The average molecular weight is 659 g/mol. The molecule has 0 aromatic heterocycles. The number of rotatable bonds is 18. The fourth-order valence-electron chi connectivity index (χ4n) is 5.89. The molecule has 4 aromatic rings. The molecule has 0 amide bonds. The number of phenols is 1. The van der Waals surface area contributed by atoms with Gasteiger partial charge in [-0.2, -0.15) is 0 Å². The summed E-state index contributed by atoms with van der Waals surface area (Å²) < 4.78 is 36.0. The van der Waals surface area contributed by atoms with E-state index in [2.05, 4.69) is 20.8 Å². The van der Waals surface area contributed by atoms with E-state index in [0.717, 1.165) is 60.8 Å². The molecule has 0 spiro atoms. The Bertz CT molecular complexity index is 1650. The maximum atomic E-state index is 11.5. The lowest BCUT2D eigenvalue weighted by atomic mass is 9.95. The molecule has 48 heavy (non-hydrogen) atoms. The van der Waals surface area contributed by atoms with Crippen molar-refractivity contribution in [3.05, 3.63) is 82.9 Å². The number of aliphatic hydroxyl groups excluding tert-OH is 1. The largest absolute Gasteiger partial charge is 0.504 e. The van der Waals surface area contributed by atoms with Crippen molar-refractivity contribution in [2.24, 2.45) is 0 Å². The van der Waals surface area contributed by atoms with Gasteiger partial charge in [0, 0.05) is 24.7 Å². The Morgan fingerprint density at radius 2 is 1.12 bits per heavy atom. The molecule has 0 bridgehead atoms. The Labute approximate surface area is 285 Å². The summed E-state index contributed by atoms with van der Waals surface area (Å²) in [4.78, 5) is 0. The van der Waals surface area contributed by atoms with E-state index < -0.39 is 6.10 Å². The predicted molar refractivity (Wildman–Crippen MR) is 190 cm³/mol. The Balaban J connectivity index is 1.92. The summed E-state index contributed by atoms with van der Waals surface area (Å²) >= 11 is 0. The van der Waals surface area contributed by atoms with Crippen LogP contribution >= 0.6 is 0 Å². The third kappa shape index (κ3) is 8.94. The van der Waals surface area contributed by atoms with Gasteiger partial charge in [-0.25, -0.2) is 0 Å². The van der Waals surface area contributed by atoms with Crippen molar-refractivity contribution >= 4 is 0 Å². The molecule has 8 nitrogen and oxygen atoms in total. The van der Waals surface area contributed by atoms with E-state index in [9.17, 15) is 10.2 Å². The summed E-state index contributed by atoms with van der Waals surface area (Å²) in [5.74, 6) is 3.27. The number of hydrogen-bond acceptors (Lipinski definition) is 8. The van der Waals surface area contributed by atoms with Crippen LogP contribution in [0.3, 0.4) is 0 Å². The third-order valence-corrected chi connectivity index (χ3v) is 8.06. The molecule has 258 valence electrons. The maximum absolute atomic E-state index is 11.5. The zero-order valence-electron chi connectivity index (χ0n) is 29.4. The first kappa shape index (κ1) is 36.4. The number of aryl methyl sites for hydroxylation is 3. The lowest BCUT2D eigenvalue weighted by molar-refractivity contribution is 0.0650. The van der Waals surface area contributed by atoms with Gasteiger partial charge in [0.15, 0.2) is 34.5 Å². The second kappa shape index (κ2) is 17.7. The average Bonchev–Trinajstić information content (AvgIpc) is 3.07. The Morgan fingerprint density at radius 3 is 1.71 bits per heavy atom. The smallest absolute Gasteiger partial charge is 0.211 e. The normalized spacial score (nSPS) is 11.7. The van der Waals surface area contributed by atoms with Crippen molar-refractivity contribution in [3.63, 3.8) is 0 Å². The Morgan fingerprint density at radius 1 is 0.583 bits per heavy atom. The van der Waals surface area contributed by atoms with Crippen LogP contribution in [0, 0.1) is 0 Å². The Hall–Kier alpha value is -4.40. The number of phenolic OH excluding ortho intramolecular Hbond substituents is 1. The summed E-state index contributed by atoms with van der Waals surface area (Å²) in [7, 11) is 6.34. The molecular weight excluding hydrogens is 608 g/mol. The highest BCUT2D eigenvalue weighted by molar-refractivity contribution is 5.82. The molecule has 8 heteroatoms. The van der Waals surface area contributed by atoms with Crippen molar-refractivity contribution < 1.29 is 38.6 Å². The minimum atomic E-state index is -0.639. The van der Waals surface area contributed by atoms with E-state index in [0.29, 0.717) is 57.8 Å². The molecule has 0 saturated carbocycles. The highest BCUT2D eigenvalue weighted by atomic mass is 16.6. The first-order chi connectivity index (χ1) is 23.3. The summed E-state index contributed by atoms with van der Waals surface area (Å²) in [6, 6.07) is 19.4. The van der Waals surface area contributed by atoms with E-state index in [4.69, 9.17) is 28.4 Å². The summed E-state index contributed by atoms with van der Waals surface area (Å²) in [5.41, 5.74) is 5.27. The van der Waals surface area contributed by atoms with Gasteiger partial charge < -0.3 is 38.6 Å². The number of aromatic hydroxyl groups is 1. The van der Waals surface area contributed by atoms with Crippen molar-refractivity contribution in [3.8, 4) is 57.1 Å². The van der Waals surface area contributed by atoms with Crippen LogP contribution in [0.5, 0.6) is 46.0 Å². The second-order valence-corrected chi connectivity index (χ2v) is 11.9. The monoisotopic (exact) mass is 658 g/mol. The zero-order chi connectivity index (χ0) is 34.6. The van der Waals surface area contributed by atoms with Crippen LogP contribution in [0.4, 0.5) is 0 Å². The zero-order valence-corrected chi connectivity index (χ0v) is 29.4. The summed E-state index contributed by atoms with van der Waals surface area (Å²) in [5, 5.41) is 21.8. The molecule has 1 atom stereocenters. The minimum Gasteiger partial charge on any atom is -0.504 e. The third-order valence-electron chi connectivity index (χ3n) is 8.06. The van der Waals surface area contributed by atoms with Crippen molar-refractivity contribution in [1.29, 1.82) is 0 Å². The lowest BCUT2D eigenvalue weighted by Gasteiger charge is -2.22. The van der Waals surface area contributed by atoms with Gasteiger partial charge >= 0.3 is 0 Å². The molecule has 2 N–H and O–H groups in total. The molecule has 0 heterocycles.